The van der Waals surface area contributed by atoms with Crippen LogP contribution in [0.4, 0.5) is 4.39 Å². The molecule has 0 saturated carbocycles. The number of H-pyrrole nitrogens is 1. The Morgan fingerprint density at radius 1 is 1.67 bits per heavy atom. The minimum atomic E-state index is -5.14. The van der Waals surface area contributed by atoms with Gasteiger partial charge in [0.1, 0.15) is 23.5 Å². The minimum Gasteiger partial charge on any atom is -0.385 e. The quantitative estimate of drug-likeness (QED) is 0.248. The first kappa shape index (κ1) is 17.4. The van der Waals surface area contributed by atoms with Gasteiger partial charge in [-0.15, -0.1) is 6.42 Å². The van der Waals surface area contributed by atoms with E-state index in [-0.39, 0.29) is 10.2 Å². The number of aromatic nitrogens is 2. The SMILES string of the molecule is [2H][C@@]1(n2cc(C#C)c(=S)[nH]c2=O)O[C@](F)(COP(=O)(O)O)[C@@H](O)[C@H]1O. The molecule has 24 heavy (non-hydrogen) atoms. The second-order valence-corrected chi connectivity index (χ2v) is 6.34. The van der Waals surface area contributed by atoms with Gasteiger partial charge in [0.05, 0.1) is 6.93 Å². The molecule has 1 aliphatic rings. The number of aliphatic hydroxyl groups excluding tert-OH is 2. The normalized spacial score (nSPS) is 33.9. The highest BCUT2D eigenvalue weighted by molar-refractivity contribution is 7.71. The van der Waals surface area contributed by atoms with Gasteiger partial charge in [-0.3, -0.25) is 14.1 Å². The van der Waals surface area contributed by atoms with Crippen molar-refractivity contribution in [3.8, 4) is 12.3 Å². The Kier molecular flexibility index (Phi) is 4.69. The third-order valence-corrected chi connectivity index (χ3v) is 3.82. The van der Waals surface area contributed by atoms with Crippen LogP contribution in [0.2, 0.25) is 0 Å². The fourth-order valence-electron chi connectivity index (χ4n) is 1.88. The largest absolute Gasteiger partial charge is 0.469 e. The summed E-state index contributed by atoms with van der Waals surface area (Å²) in [5.41, 5.74) is -1.19. The predicted molar refractivity (Wildman–Crippen MR) is 77.8 cm³/mol. The number of rotatable bonds is 4. The standard InChI is InChI=1S/C11H12FN2O8PS/c1-2-5-3-14(10(17)13-8(5)24)9-6(15)7(16)11(12,22-9)4-21-23(18,19)20/h1,3,6-7,9,15-16H,4H2,(H,13,17,24)(H2,18,19,20)/t6-,7+,9-,11-/m1/s1/i9D. The molecule has 4 atom stereocenters. The fourth-order valence-corrected chi connectivity index (χ4v) is 2.42. The molecular formula is C11H12FN2O8PS. The van der Waals surface area contributed by atoms with Crippen molar-refractivity contribution in [2.45, 2.75) is 24.3 Å². The molecule has 10 nitrogen and oxygen atoms in total. The minimum absolute atomic E-state index is 0.0886. The second kappa shape index (κ2) is 6.47. The number of aromatic amines is 1. The Morgan fingerprint density at radius 3 is 2.83 bits per heavy atom. The molecule has 2 heterocycles. The van der Waals surface area contributed by atoms with Crippen LogP contribution in [0.5, 0.6) is 0 Å². The number of nitrogens with zero attached hydrogens (tertiary/aromatic N) is 1. The van der Waals surface area contributed by atoms with Crippen LogP contribution in [0.15, 0.2) is 11.0 Å². The third kappa shape index (κ3) is 3.64. The Balaban J connectivity index is 2.49. The van der Waals surface area contributed by atoms with E-state index >= 15 is 0 Å². The number of hydrogen-bond acceptors (Lipinski definition) is 7. The topological polar surface area (TPSA) is 154 Å². The van der Waals surface area contributed by atoms with Gasteiger partial charge in [0.2, 0.25) is 0 Å². The van der Waals surface area contributed by atoms with Crippen molar-refractivity contribution in [2.24, 2.45) is 0 Å². The number of phosphoric acid groups is 1. The zero-order valence-electron chi connectivity index (χ0n) is 12.6. The molecule has 0 amide bonds. The number of hydrogen-bond donors (Lipinski definition) is 5. The van der Waals surface area contributed by atoms with Crippen LogP contribution in [0.25, 0.3) is 0 Å². The van der Waals surface area contributed by atoms with Gasteiger partial charge in [0.15, 0.2) is 6.20 Å². The van der Waals surface area contributed by atoms with Gasteiger partial charge in [0, 0.05) is 6.20 Å². The highest BCUT2D eigenvalue weighted by Gasteiger charge is 2.57. The van der Waals surface area contributed by atoms with E-state index in [1.807, 2.05) is 0 Å². The van der Waals surface area contributed by atoms with Crippen molar-refractivity contribution in [3.05, 3.63) is 26.9 Å². The molecule has 0 spiro atoms. The van der Waals surface area contributed by atoms with Crippen LogP contribution in [0, 0.1) is 17.0 Å². The number of aliphatic hydroxyl groups is 2. The van der Waals surface area contributed by atoms with Crippen molar-refractivity contribution >= 4 is 20.0 Å². The van der Waals surface area contributed by atoms with E-state index in [9.17, 15) is 24.0 Å². The van der Waals surface area contributed by atoms with Crippen molar-refractivity contribution in [2.75, 3.05) is 6.61 Å². The van der Waals surface area contributed by atoms with Gasteiger partial charge >= 0.3 is 13.5 Å². The summed E-state index contributed by atoms with van der Waals surface area (Å²) in [7, 11) is -5.14. The lowest BCUT2D eigenvalue weighted by atomic mass is 10.1. The smallest absolute Gasteiger partial charge is 0.385 e. The molecule has 0 aliphatic carbocycles. The van der Waals surface area contributed by atoms with E-state index < -0.39 is 44.4 Å². The molecule has 0 unspecified atom stereocenters. The molecule has 2 rings (SSSR count). The number of alkyl halides is 1. The van der Waals surface area contributed by atoms with Crippen LogP contribution < -0.4 is 5.69 Å². The molecule has 1 aromatic heterocycles. The highest BCUT2D eigenvalue weighted by atomic mass is 32.1. The maximum Gasteiger partial charge on any atom is 0.469 e. The Hall–Kier alpha value is -1.42. The van der Waals surface area contributed by atoms with E-state index in [0.29, 0.717) is 4.57 Å². The van der Waals surface area contributed by atoms with E-state index in [1.165, 1.54) is 0 Å². The third-order valence-electron chi connectivity index (χ3n) is 3.03. The van der Waals surface area contributed by atoms with E-state index in [1.54, 1.807) is 0 Å². The van der Waals surface area contributed by atoms with Crippen molar-refractivity contribution < 1.29 is 39.6 Å². The summed E-state index contributed by atoms with van der Waals surface area (Å²) in [5.74, 6) is -1.30. The van der Waals surface area contributed by atoms with E-state index in [0.717, 1.165) is 6.20 Å². The number of terminal acetylenes is 1. The Labute approximate surface area is 140 Å². The summed E-state index contributed by atoms with van der Waals surface area (Å²) in [4.78, 5) is 31.3. The van der Waals surface area contributed by atoms with Crippen LogP contribution >= 0.6 is 20.0 Å². The van der Waals surface area contributed by atoms with Crippen LogP contribution in [0.3, 0.4) is 0 Å². The first-order chi connectivity index (χ1) is 11.3. The van der Waals surface area contributed by atoms with Gasteiger partial charge in [-0.25, -0.2) is 13.8 Å². The lowest BCUT2D eigenvalue weighted by Crippen LogP contribution is -2.42. The lowest BCUT2D eigenvalue weighted by Gasteiger charge is -2.22. The highest BCUT2D eigenvalue weighted by Crippen LogP contribution is 2.43. The van der Waals surface area contributed by atoms with Gasteiger partial charge in [-0.05, 0) is 0 Å². The summed E-state index contributed by atoms with van der Waals surface area (Å²) in [6.45, 7) is -1.52. The second-order valence-electron chi connectivity index (χ2n) is 4.70. The zero-order valence-corrected chi connectivity index (χ0v) is 13.3. The summed E-state index contributed by atoms with van der Waals surface area (Å²) >= 11 is 4.78. The summed E-state index contributed by atoms with van der Waals surface area (Å²) in [6.07, 6.45) is -1.73. The number of halogens is 1. The van der Waals surface area contributed by atoms with Crippen molar-refractivity contribution in [1.29, 1.82) is 0 Å². The molecule has 1 saturated heterocycles. The van der Waals surface area contributed by atoms with E-state index in [4.69, 9.17) is 29.8 Å². The number of ether oxygens (including phenoxy) is 1. The van der Waals surface area contributed by atoms with Crippen molar-refractivity contribution in [1.82, 2.24) is 9.55 Å². The summed E-state index contributed by atoms with van der Waals surface area (Å²) < 4.78 is 42.2. The van der Waals surface area contributed by atoms with Gasteiger partial charge in [-0.2, -0.15) is 0 Å². The monoisotopic (exact) mass is 383 g/mol. The fraction of sp³-hybridized carbons (Fsp3) is 0.455. The molecule has 0 bridgehead atoms. The molecular weight excluding hydrogens is 370 g/mol. The van der Waals surface area contributed by atoms with E-state index in [2.05, 4.69) is 20.2 Å². The Bertz CT molecular complexity index is 895. The summed E-state index contributed by atoms with van der Waals surface area (Å²) in [6, 6.07) is 0. The molecule has 1 fully saturated rings. The molecule has 1 aromatic rings. The summed E-state index contributed by atoms with van der Waals surface area (Å²) in [5, 5.41) is 19.8. The molecule has 13 heteroatoms. The molecule has 0 radical (unpaired) electrons. The molecule has 5 N–H and O–H groups in total. The van der Waals surface area contributed by atoms with Crippen LogP contribution in [-0.2, 0) is 13.8 Å². The van der Waals surface area contributed by atoms with Crippen LogP contribution in [-0.4, -0.2) is 54.2 Å². The maximum atomic E-state index is 14.7. The molecule has 0 aromatic carbocycles. The van der Waals surface area contributed by atoms with Crippen LogP contribution in [0.1, 0.15) is 13.1 Å². The number of nitrogens with one attached hydrogen (secondary N) is 1. The lowest BCUT2D eigenvalue weighted by molar-refractivity contribution is -0.205. The van der Waals surface area contributed by atoms with Gasteiger partial charge in [0.25, 0.3) is 5.85 Å². The van der Waals surface area contributed by atoms with Crippen molar-refractivity contribution in [3.63, 3.8) is 0 Å². The predicted octanol–water partition coefficient (Wildman–Crippen LogP) is -1.09. The average molecular weight is 383 g/mol. The zero-order chi connectivity index (χ0) is 19.2. The molecule has 1 aliphatic heterocycles. The number of phosphoric ester groups is 1. The first-order valence-corrected chi connectivity index (χ1v) is 8.06. The maximum absolute atomic E-state index is 14.7. The van der Waals surface area contributed by atoms with Gasteiger partial charge < -0.3 is 24.7 Å². The van der Waals surface area contributed by atoms with Gasteiger partial charge in [-0.1, -0.05) is 18.1 Å². The Morgan fingerprint density at radius 2 is 2.29 bits per heavy atom. The molecule has 132 valence electrons. The average Bonchev–Trinajstić information content (AvgIpc) is 2.67. The first-order valence-electron chi connectivity index (χ1n) is 6.62.